The average Bonchev–Trinajstić information content (AvgIpc) is 2.92. The maximum Gasteiger partial charge on any atom is 0.244 e. The van der Waals surface area contributed by atoms with Crippen molar-refractivity contribution in [3.05, 3.63) is 97.9 Å². The first-order chi connectivity index (χ1) is 19.3. The second kappa shape index (κ2) is 14.6. The Kier molecular flexibility index (Phi) is 11.8. The molecule has 0 aromatic heterocycles. The summed E-state index contributed by atoms with van der Waals surface area (Å²) in [5, 5.41) is 3.97. The molecule has 0 radical (unpaired) electrons. The first kappa shape index (κ1) is 33.0. The number of anilines is 1. The lowest BCUT2D eigenvalue weighted by molar-refractivity contribution is -0.140. The Balaban J connectivity index is 2.09. The van der Waals surface area contributed by atoms with Crippen LogP contribution in [-0.2, 0) is 32.6 Å². The second-order valence-electron chi connectivity index (χ2n) is 9.66. The van der Waals surface area contributed by atoms with E-state index in [9.17, 15) is 18.0 Å². The molecule has 0 fully saturated rings. The van der Waals surface area contributed by atoms with Crippen molar-refractivity contribution in [3.63, 3.8) is 0 Å². The molecule has 1 N–H and O–H groups in total. The smallest absolute Gasteiger partial charge is 0.244 e. The molecule has 3 aromatic rings. The zero-order chi connectivity index (χ0) is 30.3. The van der Waals surface area contributed by atoms with Crippen molar-refractivity contribution in [2.24, 2.45) is 0 Å². The van der Waals surface area contributed by atoms with Gasteiger partial charge in [0.05, 0.1) is 32.0 Å². The fourth-order valence-electron chi connectivity index (χ4n) is 4.08. The average molecular weight is 659 g/mol. The number of sulfonamides is 1. The van der Waals surface area contributed by atoms with E-state index < -0.39 is 28.5 Å². The van der Waals surface area contributed by atoms with Gasteiger partial charge in [0.25, 0.3) is 0 Å². The summed E-state index contributed by atoms with van der Waals surface area (Å²) < 4.78 is 26.7. The Morgan fingerprint density at radius 3 is 2.02 bits per heavy atom. The highest BCUT2D eigenvalue weighted by Gasteiger charge is 2.33. The van der Waals surface area contributed by atoms with Crippen LogP contribution >= 0.6 is 46.4 Å². The topological polar surface area (TPSA) is 86.8 Å². The molecule has 3 rings (SSSR count). The molecule has 2 atom stereocenters. The number of amides is 2. The Morgan fingerprint density at radius 1 is 0.854 bits per heavy atom. The Morgan fingerprint density at radius 2 is 1.46 bits per heavy atom. The minimum atomic E-state index is -3.94. The molecular formula is C29H31Cl4N3O4S. The summed E-state index contributed by atoms with van der Waals surface area (Å²) >= 11 is 24.6. The number of carbonyl (C=O) groups excluding carboxylic acids is 2. The van der Waals surface area contributed by atoms with Crippen LogP contribution in [0.4, 0.5) is 5.69 Å². The predicted octanol–water partition coefficient (Wildman–Crippen LogP) is 6.62. The highest BCUT2D eigenvalue weighted by molar-refractivity contribution is 7.92. The first-order valence-corrected chi connectivity index (χ1v) is 16.2. The van der Waals surface area contributed by atoms with Gasteiger partial charge in [-0.15, -0.1) is 0 Å². The Bertz CT molecular complexity index is 1490. The van der Waals surface area contributed by atoms with Gasteiger partial charge in [-0.05, 0) is 54.8 Å². The van der Waals surface area contributed by atoms with Gasteiger partial charge in [-0.2, -0.15) is 0 Å². The maximum atomic E-state index is 14.1. The highest BCUT2D eigenvalue weighted by Crippen LogP contribution is 2.29. The zero-order valence-electron chi connectivity index (χ0n) is 22.8. The van der Waals surface area contributed by atoms with Crippen molar-refractivity contribution in [2.75, 3.05) is 17.1 Å². The lowest BCUT2D eigenvalue weighted by atomic mass is 10.0. The van der Waals surface area contributed by atoms with E-state index in [2.05, 4.69) is 5.32 Å². The van der Waals surface area contributed by atoms with Crippen LogP contribution in [0.15, 0.2) is 66.7 Å². The summed E-state index contributed by atoms with van der Waals surface area (Å²) in [4.78, 5) is 29.2. The van der Waals surface area contributed by atoms with Crippen LogP contribution in [-0.4, -0.2) is 50.0 Å². The molecule has 0 spiro atoms. The molecule has 2 amide bonds. The van der Waals surface area contributed by atoms with Crippen LogP contribution in [0.3, 0.4) is 0 Å². The van der Waals surface area contributed by atoms with E-state index in [1.807, 2.05) is 44.2 Å². The van der Waals surface area contributed by atoms with Crippen molar-refractivity contribution in [1.82, 2.24) is 10.2 Å². The quantitative estimate of drug-likeness (QED) is 0.237. The van der Waals surface area contributed by atoms with E-state index in [0.29, 0.717) is 17.0 Å². The number of nitrogens with one attached hydrogen (secondary N) is 1. The van der Waals surface area contributed by atoms with Gasteiger partial charge in [0.15, 0.2) is 0 Å². The largest absolute Gasteiger partial charge is 0.352 e. The molecule has 0 saturated carbocycles. The molecule has 0 saturated heterocycles. The molecule has 0 aliphatic heterocycles. The van der Waals surface area contributed by atoms with E-state index >= 15 is 0 Å². The molecule has 220 valence electrons. The number of halogens is 4. The molecule has 12 heteroatoms. The molecule has 0 aliphatic rings. The minimum absolute atomic E-state index is 0.0277. The number of nitrogens with zero attached hydrogens (tertiary/aromatic N) is 2. The highest BCUT2D eigenvalue weighted by atomic mass is 35.5. The third-order valence-electron chi connectivity index (χ3n) is 6.48. The van der Waals surface area contributed by atoms with Crippen LogP contribution in [0, 0.1) is 0 Å². The summed E-state index contributed by atoms with van der Waals surface area (Å²) in [6.07, 6.45) is 1.87. The molecule has 0 unspecified atom stereocenters. The lowest BCUT2D eigenvalue weighted by Gasteiger charge is -2.34. The SMILES string of the molecule is CC[C@H](C)NC(=O)[C@H](Cc1ccccc1)N(Cc1ccc(Cl)c(Cl)c1)C(=O)CN(c1ccc(Cl)c(Cl)c1)S(C)(=O)=O. The van der Waals surface area contributed by atoms with Gasteiger partial charge in [0.1, 0.15) is 12.6 Å². The Hall–Kier alpha value is -2.49. The van der Waals surface area contributed by atoms with Crippen LogP contribution in [0.1, 0.15) is 31.4 Å². The fourth-order valence-corrected chi connectivity index (χ4v) is 5.54. The van der Waals surface area contributed by atoms with Crippen LogP contribution in [0.25, 0.3) is 0 Å². The molecule has 0 aliphatic carbocycles. The van der Waals surface area contributed by atoms with Gasteiger partial charge in [-0.25, -0.2) is 8.42 Å². The number of rotatable bonds is 12. The third-order valence-corrected chi connectivity index (χ3v) is 9.10. The summed E-state index contributed by atoms with van der Waals surface area (Å²) in [5.41, 5.74) is 1.60. The van der Waals surface area contributed by atoms with Crippen molar-refractivity contribution in [1.29, 1.82) is 0 Å². The molecule has 0 bridgehead atoms. The zero-order valence-corrected chi connectivity index (χ0v) is 26.6. The van der Waals surface area contributed by atoms with Crippen molar-refractivity contribution < 1.29 is 18.0 Å². The van der Waals surface area contributed by atoms with E-state index in [4.69, 9.17) is 46.4 Å². The molecule has 7 nitrogen and oxygen atoms in total. The van der Waals surface area contributed by atoms with Gasteiger partial charge >= 0.3 is 0 Å². The van der Waals surface area contributed by atoms with Crippen LogP contribution in [0.2, 0.25) is 20.1 Å². The molecule has 0 heterocycles. The Labute approximate surface area is 261 Å². The van der Waals surface area contributed by atoms with Gasteiger partial charge in [-0.3, -0.25) is 13.9 Å². The third kappa shape index (κ3) is 9.25. The normalized spacial score (nSPS) is 12.9. The van der Waals surface area contributed by atoms with Gasteiger partial charge in [-0.1, -0.05) is 89.7 Å². The summed E-state index contributed by atoms with van der Waals surface area (Å²) in [6, 6.07) is 17.4. The standard InChI is InChI=1S/C29H31Cl4N3O4S/c1-4-19(2)34-29(38)27(15-20-8-6-5-7-9-20)35(17-21-10-12-23(30)25(32)14-21)28(37)18-36(41(3,39)40)22-11-13-24(31)26(33)16-22/h5-14,16,19,27H,4,15,17-18H2,1-3H3,(H,34,38)/t19-,27-/m0/s1. The summed E-state index contributed by atoms with van der Waals surface area (Å²) in [7, 11) is -3.94. The van der Waals surface area contributed by atoms with Gasteiger partial charge in [0, 0.05) is 19.0 Å². The van der Waals surface area contributed by atoms with Gasteiger partial charge in [0.2, 0.25) is 21.8 Å². The van der Waals surface area contributed by atoms with Gasteiger partial charge < -0.3 is 10.2 Å². The van der Waals surface area contributed by atoms with E-state index in [1.165, 1.54) is 23.1 Å². The van der Waals surface area contributed by atoms with Crippen LogP contribution in [0.5, 0.6) is 0 Å². The maximum absolute atomic E-state index is 14.1. The van der Waals surface area contributed by atoms with Crippen LogP contribution < -0.4 is 9.62 Å². The predicted molar refractivity (Wildman–Crippen MR) is 167 cm³/mol. The lowest BCUT2D eigenvalue weighted by Crippen LogP contribution is -2.54. The second-order valence-corrected chi connectivity index (χ2v) is 13.2. The van der Waals surface area contributed by atoms with E-state index in [0.717, 1.165) is 16.1 Å². The monoisotopic (exact) mass is 657 g/mol. The number of hydrogen-bond donors (Lipinski definition) is 1. The van der Waals surface area contributed by atoms with E-state index in [1.54, 1.807) is 18.2 Å². The molecule has 41 heavy (non-hydrogen) atoms. The van der Waals surface area contributed by atoms with Crippen molar-refractivity contribution >= 4 is 73.9 Å². The molecular weight excluding hydrogens is 628 g/mol. The van der Waals surface area contributed by atoms with E-state index in [-0.39, 0.29) is 45.7 Å². The van der Waals surface area contributed by atoms with Crippen molar-refractivity contribution in [3.8, 4) is 0 Å². The number of carbonyl (C=O) groups is 2. The number of benzene rings is 3. The minimum Gasteiger partial charge on any atom is -0.352 e. The van der Waals surface area contributed by atoms with Crippen molar-refractivity contribution in [2.45, 2.75) is 45.3 Å². The summed E-state index contributed by atoms with van der Waals surface area (Å²) in [6.45, 7) is 3.20. The fraction of sp³-hybridized carbons (Fsp3) is 0.310. The number of hydrogen-bond acceptors (Lipinski definition) is 4. The first-order valence-electron chi connectivity index (χ1n) is 12.8. The molecule has 3 aromatic carbocycles. The summed E-state index contributed by atoms with van der Waals surface area (Å²) in [5.74, 6) is -0.968.